The summed E-state index contributed by atoms with van der Waals surface area (Å²) >= 11 is 0. The van der Waals surface area contributed by atoms with Crippen LogP contribution in [0.3, 0.4) is 0 Å². The third-order valence-corrected chi connectivity index (χ3v) is 0. The summed E-state index contributed by atoms with van der Waals surface area (Å²) in [6, 6.07) is 0. The van der Waals surface area contributed by atoms with E-state index in [-0.39, 0.29) is 70.5 Å². The van der Waals surface area contributed by atoms with Gasteiger partial charge in [-0.3, -0.25) is 0 Å². The van der Waals surface area contributed by atoms with E-state index in [1.165, 1.54) is 0 Å². The first-order valence-electron chi connectivity index (χ1n) is 0. The van der Waals surface area contributed by atoms with Gasteiger partial charge in [0, 0.05) is 0 Å². The molecule has 5 heteroatoms. The summed E-state index contributed by atoms with van der Waals surface area (Å²) in [7, 11) is 0. The minimum absolute atomic E-state index is 0. The minimum atomic E-state index is 0. The van der Waals surface area contributed by atoms with Crippen molar-refractivity contribution in [2.45, 2.75) is 0 Å². The summed E-state index contributed by atoms with van der Waals surface area (Å²) in [5.41, 5.74) is 0. The molecule has 0 N–H and O–H groups in total. The Labute approximate surface area is 70.0 Å². The van der Waals surface area contributed by atoms with E-state index in [9.17, 15) is 0 Å². The van der Waals surface area contributed by atoms with E-state index < -0.39 is 0 Å². The Kier molecular flexibility index (Phi) is 564. The molecule has 0 atom stereocenters. The Hall–Kier alpha value is 1.83. The van der Waals surface area contributed by atoms with E-state index in [1.807, 2.05) is 0 Å². The zero-order chi connectivity index (χ0) is 0. The molecule has 0 rings (SSSR count). The van der Waals surface area contributed by atoms with Crippen LogP contribution < -0.4 is 0 Å². The van der Waals surface area contributed by atoms with E-state index in [0.29, 0.717) is 0 Å². The van der Waals surface area contributed by atoms with Crippen LogP contribution in [0.2, 0.25) is 0 Å². The quantitative estimate of drug-likeness (QED) is 0.549. The molecular formula is CoO2PtTi+4. The second kappa shape index (κ2) is 40.6. The zero-order valence-corrected chi connectivity index (χ0v) is 6.84. The van der Waals surface area contributed by atoms with Crippen LogP contribution in [0.4, 0.5) is 0 Å². The SMILES string of the molecule is [Co+2].[O-2].[O-2].[Pt+2].[Ti+4]. The summed E-state index contributed by atoms with van der Waals surface area (Å²) in [6.07, 6.45) is 0. The van der Waals surface area contributed by atoms with Gasteiger partial charge in [-0.2, -0.15) is 0 Å². The summed E-state index contributed by atoms with van der Waals surface area (Å²) < 4.78 is 0. The Balaban J connectivity index is 0. The molecule has 1 radical (unpaired) electrons. The van der Waals surface area contributed by atoms with Crippen LogP contribution in [0.5, 0.6) is 0 Å². The largest absolute Gasteiger partial charge is 4.00 e. The average molecular weight is 334 g/mol. The van der Waals surface area contributed by atoms with Gasteiger partial charge in [0.25, 0.3) is 0 Å². The molecule has 0 saturated heterocycles. The first kappa shape index (κ1) is 69.4. The molecule has 0 heterocycles. The van der Waals surface area contributed by atoms with E-state index >= 15 is 0 Å². The molecule has 0 aliphatic carbocycles. The molecule has 0 aromatic heterocycles. The monoisotopic (exact) mass is 334 g/mol. The van der Waals surface area contributed by atoms with Crippen LogP contribution >= 0.6 is 0 Å². The van der Waals surface area contributed by atoms with E-state index in [1.54, 1.807) is 0 Å². The van der Waals surface area contributed by atoms with Crippen LogP contribution in [-0.2, 0) is 70.5 Å². The van der Waals surface area contributed by atoms with Gasteiger partial charge in [0.1, 0.15) is 0 Å². The predicted molar refractivity (Wildman–Crippen MR) is 1.37 cm³/mol. The molecule has 0 aliphatic heterocycles. The molecule has 0 amide bonds. The fraction of sp³-hybridized carbons (Fsp3) is 0. The van der Waals surface area contributed by atoms with E-state index in [0.717, 1.165) is 0 Å². The summed E-state index contributed by atoms with van der Waals surface area (Å²) in [5.74, 6) is 0. The Bertz CT molecular complexity index is 9.61. The molecule has 0 fully saturated rings. The summed E-state index contributed by atoms with van der Waals surface area (Å²) in [5, 5.41) is 0. The molecule has 0 unspecified atom stereocenters. The molecule has 31 valence electrons. The van der Waals surface area contributed by atoms with Crippen LogP contribution in [-0.4, -0.2) is 0 Å². The molecule has 5 heavy (non-hydrogen) atoms. The van der Waals surface area contributed by atoms with Crippen molar-refractivity contribution in [2.75, 3.05) is 0 Å². The van der Waals surface area contributed by atoms with Crippen LogP contribution in [0.1, 0.15) is 0 Å². The van der Waals surface area contributed by atoms with Gasteiger partial charge < -0.3 is 11.0 Å². The van der Waals surface area contributed by atoms with Crippen molar-refractivity contribution in [3.8, 4) is 0 Å². The Morgan fingerprint density at radius 1 is 0.800 bits per heavy atom. The Morgan fingerprint density at radius 3 is 0.800 bits per heavy atom. The van der Waals surface area contributed by atoms with Crippen molar-refractivity contribution in [3.63, 3.8) is 0 Å². The smallest absolute Gasteiger partial charge is 2.00 e. The fourth-order valence-electron chi connectivity index (χ4n) is 0. The van der Waals surface area contributed by atoms with Gasteiger partial charge in [-0.15, -0.1) is 0 Å². The van der Waals surface area contributed by atoms with Crippen molar-refractivity contribution < 1.29 is 70.5 Å². The van der Waals surface area contributed by atoms with Crippen molar-refractivity contribution in [3.05, 3.63) is 0 Å². The van der Waals surface area contributed by atoms with E-state index in [2.05, 4.69) is 0 Å². The van der Waals surface area contributed by atoms with Gasteiger partial charge in [0.2, 0.25) is 0 Å². The maximum atomic E-state index is 0. The van der Waals surface area contributed by atoms with Gasteiger partial charge in [-0.05, 0) is 0 Å². The maximum absolute atomic E-state index is 0. The van der Waals surface area contributed by atoms with Crippen LogP contribution in [0.15, 0.2) is 0 Å². The van der Waals surface area contributed by atoms with Crippen molar-refractivity contribution in [1.29, 1.82) is 0 Å². The van der Waals surface area contributed by atoms with Crippen molar-refractivity contribution in [1.82, 2.24) is 0 Å². The Morgan fingerprint density at radius 2 is 0.800 bits per heavy atom. The second-order valence-electron chi connectivity index (χ2n) is 0. The number of hydrogen-bond donors (Lipinski definition) is 0. The van der Waals surface area contributed by atoms with Crippen molar-refractivity contribution >= 4 is 0 Å². The molecular weight excluding hydrogens is 334 g/mol. The third-order valence-electron chi connectivity index (χ3n) is 0. The first-order valence-corrected chi connectivity index (χ1v) is 0. The van der Waals surface area contributed by atoms with Gasteiger partial charge in [0.15, 0.2) is 0 Å². The van der Waals surface area contributed by atoms with Crippen LogP contribution in [0.25, 0.3) is 0 Å². The second-order valence-corrected chi connectivity index (χ2v) is 0. The molecule has 0 saturated carbocycles. The molecule has 0 aliphatic rings. The molecule has 2 nitrogen and oxygen atoms in total. The third kappa shape index (κ3) is 25.5. The van der Waals surface area contributed by atoms with Crippen LogP contribution in [0, 0.1) is 0 Å². The normalized spacial score (nSPS) is 0. The predicted octanol–water partition coefficient (Wildman–Crippen LogP) is -0.245. The fourth-order valence-corrected chi connectivity index (χ4v) is 0. The molecule has 0 aromatic carbocycles. The minimum Gasteiger partial charge on any atom is -2.00 e. The average Bonchev–Trinajstić information content (AvgIpc) is 0. The number of rotatable bonds is 0. The topological polar surface area (TPSA) is 57.0 Å². The molecule has 0 aromatic rings. The summed E-state index contributed by atoms with van der Waals surface area (Å²) in [6.45, 7) is 0. The van der Waals surface area contributed by atoms with Gasteiger partial charge >= 0.3 is 59.6 Å². The number of hydrogen-bond acceptors (Lipinski definition) is 0. The maximum Gasteiger partial charge on any atom is 4.00 e. The first-order chi connectivity index (χ1) is 0. The van der Waals surface area contributed by atoms with Crippen molar-refractivity contribution in [2.24, 2.45) is 0 Å². The van der Waals surface area contributed by atoms with Gasteiger partial charge in [-0.1, -0.05) is 0 Å². The zero-order valence-electron chi connectivity index (χ0n) is 1.97. The van der Waals surface area contributed by atoms with Gasteiger partial charge in [-0.25, -0.2) is 0 Å². The van der Waals surface area contributed by atoms with Gasteiger partial charge in [0.05, 0.1) is 0 Å². The summed E-state index contributed by atoms with van der Waals surface area (Å²) in [4.78, 5) is 0. The molecule has 0 spiro atoms. The van der Waals surface area contributed by atoms with E-state index in [4.69, 9.17) is 0 Å². The standard InChI is InChI=1S/Co.2O.Pt.Ti/q+2;2*-2;+2;+4. The molecule has 0 bridgehead atoms.